The van der Waals surface area contributed by atoms with E-state index < -0.39 is 29.9 Å². The van der Waals surface area contributed by atoms with E-state index in [1.807, 2.05) is 92.7 Å². The number of allylic oxidation sites excluding steroid dienone is 5. The molecule has 4 aromatic rings. The largest absolute Gasteiger partial charge is 0.498 e. The number of ether oxygens (including phenoxy) is 1. The van der Waals surface area contributed by atoms with Crippen LogP contribution in [-0.4, -0.2) is 19.3 Å². The van der Waals surface area contributed by atoms with Gasteiger partial charge in [0.15, 0.2) is 0 Å². The molecule has 0 bridgehead atoms. The van der Waals surface area contributed by atoms with E-state index in [0.29, 0.717) is 53.3 Å². The van der Waals surface area contributed by atoms with Crippen LogP contribution in [0.1, 0.15) is 48.9 Å². The van der Waals surface area contributed by atoms with E-state index in [9.17, 15) is 26.3 Å². The highest BCUT2D eigenvalue weighted by atomic mass is 19.4. The van der Waals surface area contributed by atoms with E-state index in [1.54, 1.807) is 6.08 Å². The molecule has 0 heterocycles. The highest BCUT2D eigenvalue weighted by Gasteiger charge is 2.45. The third-order valence-corrected chi connectivity index (χ3v) is 9.22. The molecule has 0 saturated heterocycles. The zero-order valence-corrected chi connectivity index (χ0v) is 29.0. The minimum Gasteiger partial charge on any atom is -0.498 e. The molecule has 3 nitrogen and oxygen atoms in total. The first-order valence-electron chi connectivity index (χ1n) is 16.7. The van der Waals surface area contributed by atoms with Gasteiger partial charge < -0.3 is 15.4 Å². The second-order valence-corrected chi connectivity index (χ2v) is 12.7. The maximum atomic E-state index is 13.3. The van der Waals surface area contributed by atoms with E-state index in [4.69, 9.17) is 4.74 Å². The highest BCUT2D eigenvalue weighted by Crippen LogP contribution is 2.54. The third-order valence-electron chi connectivity index (χ3n) is 9.22. The lowest BCUT2D eigenvalue weighted by Gasteiger charge is -2.35. The summed E-state index contributed by atoms with van der Waals surface area (Å²) in [5.74, 6) is 0.615. The fourth-order valence-electron chi connectivity index (χ4n) is 6.80. The molecule has 4 aromatic carbocycles. The van der Waals surface area contributed by atoms with Crippen LogP contribution in [0.3, 0.4) is 0 Å². The lowest BCUT2D eigenvalue weighted by molar-refractivity contribution is -0.137. The summed E-state index contributed by atoms with van der Waals surface area (Å²) in [5, 5.41) is 5.87. The molecule has 0 saturated carbocycles. The molecule has 1 aliphatic carbocycles. The predicted octanol–water partition coefficient (Wildman–Crippen LogP) is 11.7. The molecule has 5 rings (SSSR count). The number of hydrogen-bond acceptors (Lipinski definition) is 3. The van der Waals surface area contributed by atoms with E-state index in [0.717, 1.165) is 40.0 Å². The molecule has 0 unspecified atom stereocenters. The van der Waals surface area contributed by atoms with Gasteiger partial charge in [-0.3, -0.25) is 0 Å². The topological polar surface area (TPSA) is 33.3 Å². The van der Waals surface area contributed by atoms with Crippen molar-refractivity contribution in [2.75, 3.05) is 13.2 Å². The van der Waals surface area contributed by atoms with Gasteiger partial charge in [0.1, 0.15) is 6.54 Å². The minimum atomic E-state index is -4.43. The van der Waals surface area contributed by atoms with Gasteiger partial charge in [0, 0.05) is 22.7 Å². The van der Waals surface area contributed by atoms with Gasteiger partial charge in [-0.25, -0.2) is 0 Å². The molecule has 0 fully saturated rings. The van der Waals surface area contributed by atoms with E-state index >= 15 is 0 Å². The number of alkyl halides is 6. The van der Waals surface area contributed by atoms with Crippen molar-refractivity contribution in [2.45, 2.75) is 44.5 Å². The van der Waals surface area contributed by atoms with Crippen LogP contribution in [-0.2, 0) is 16.3 Å². The Balaban J connectivity index is 1.30. The summed E-state index contributed by atoms with van der Waals surface area (Å²) in [6.45, 7) is 15.1. The van der Waals surface area contributed by atoms with Crippen molar-refractivity contribution in [1.29, 1.82) is 0 Å². The fourth-order valence-corrected chi connectivity index (χ4v) is 6.80. The lowest BCUT2D eigenvalue weighted by atomic mass is 9.72. The Kier molecular flexibility index (Phi) is 11.2. The number of benzene rings is 4. The number of hydrogen-bond donors (Lipinski definition) is 2. The SMILES string of the molecule is C=C/C(NC(=C)c1ccccc1-c1ccc(C(F)(F)F)cc1)=C(C)\C=C(/C)OCCCC1(C(=C)NCC(F)(F)F)c2ccccc2-c2ccccc21. The predicted molar refractivity (Wildman–Crippen MR) is 197 cm³/mol. The molecule has 0 aromatic heterocycles. The first-order valence-corrected chi connectivity index (χ1v) is 16.7. The van der Waals surface area contributed by atoms with Crippen LogP contribution in [0.15, 0.2) is 152 Å². The molecular formula is C43H40F6N2O. The van der Waals surface area contributed by atoms with E-state index in [1.165, 1.54) is 12.1 Å². The van der Waals surface area contributed by atoms with Crippen LogP contribution in [0.4, 0.5) is 26.3 Å². The maximum Gasteiger partial charge on any atom is 0.416 e. The first kappa shape index (κ1) is 37.8. The van der Waals surface area contributed by atoms with Crippen LogP contribution < -0.4 is 10.6 Å². The number of nitrogens with one attached hydrogen (secondary N) is 2. The van der Waals surface area contributed by atoms with Crippen LogP contribution in [0.25, 0.3) is 28.0 Å². The zero-order valence-electron chi connectivity index (χ0n) is 29.0. The standard InChI is InChI=1S/C43H40F6N2O/c1-6-40(51-30(4)34-14-7-8-15-35(34)32-20-22-33(23-21-32)43(47,48)49)28(2)26-29(3)52-25-13-24-41(31(5)50-27-42(44,45)46)38-18-11-9-16-36(38)37-17-10-12-19-39(37)41/h6-12,14-23,26,50-51H,1,4-5,13,24-25,27H2,2-3H3/b29-26+,40-28+. The summed E-state index contributed by atoms with van der Waals surface area (Å²) >= 11 is 0. The van der Waals surface area contributed by atoms with Gasteiger partial charge in [0.2, 0.25) is 0 Å². The van der Waals surface area contributed by atoms with Crippen molar-refractivity contribution in [3.8, 4) is 22.3 Å². The average Bonchev–Trinajstić information content (AvgIpc) is 3.41. The second-order valence-electron chi connectivity index (χ2n) is 12.7. The fraction of sp³-hybridized carbons (Fsp3) is 0.209. The van der Waals surface area contributed by atoms with Crippen molar-refractivity contribution in [2.24, 2.45) is 0 Å². The van der Waals surface area contributed by atoms with E-state index in [2.05, 4.69) is 30.4 Å². The second kappa shape index (κ2) is 15.4. The Hall–Kier alpha value is -5.44. The Bertz CT molecular complexity index is 1970. The quantitative estimate of drug-likeness (QED) is 0.0590. The van der Waals surface area contributed by atoms with E-state index in [-0.39, 0.29) is 5.70 Å². The van der Waals surface area contributed by atoms with Crippen molar-refractivity contribution in [3.05, 3.63) is 174 Å². The van der Waals surface area contributed by atoms with Gasteiger partial charge in [-0.15, -0.1) is 0 Å². The smallest absolute Gasteiger partial charge is 0.416 e. The first-order chi connectivity index (χ1) is 24.7. The molecule has 0 aliphatic heterocycles. The molecule has 0 atom stereocenters. The Morgan fingerprint density at radius 3 is 1.88 bits per heavy atom. The van der Waals surface area contributed by atoms with Crippen LogP contribution in [0.5, 0.6) is 0 Å². The summed E-state index contributed by atoms with van der Waals surface area (Å²) in [6.07, 6.45) is -4.36. The normalized spacial score (nSPS) is 14.1. The molecule has 0 amide bonds. The zero-order chi connectivity index (χ0) is 37.7. The molecule has 1 aliphatic rings. The van der Waals surface area contributed by atoms with Gasteiger partial charge in [0.25, 0.3) is 0 Å². The van der Waals surface area contributed by atoms with Crippen LogP contribution in [0.2, 0.25) is 0 Å². The summed E-state index contributed by atoms with van der Waals surface area (Å²) in [6, 6.07) is 27.8. The molecule has 0 radical (unpaired) electrons. The summed E-state index contributed by atoms with van der Waals surface area (Å²) < 4.78 is 85.5. The maximum absolute atomic E-state index is 13.3. The average molecular weight is 715 g/mol. The van der Waals surface area contributed by atoms with Gasteiger partial charge in [-0.1, -0.05) is 105 Å². The van der Waals surface area contributed by atoms with Crippen molar-refractivity contribution >= 4 is 5.70 Å². The summed E-state index contributed by atoms with van der Waals surface area (Å²) in [4.78, 5) is 0. The van der Waals surface area contributed by atoms with Gasteiger partial charge in [-0.2, -0.15) is 26.3 Å². The minimum absolute atomic E-state index is 0.287. The number of rotatable bonds is 14. The molecule has 9 heteroatoms. The van der Waals surface area contributed by atoms with Gasteiger partial charge in [0.05, 0.1) is 23.3 Å². The van der Waals surface area contributed by atoms with Crippen molar-refractivity contribution in [1.82, 2.24) is 10.6 Å². The number of halogens is 6. The lowest BCUT2D eigenvalue weighted by Crippen LogP contribution is -2.39. The molecule has 0 spiro atoms. The summed E-state index contributed by atoms with van der Waals surface area (Å²) in [7, 11) is 0. The molecule has 270 valence electrons. The Morgan fingerprint density at radius 2 is 1.33 bits per heavy atom. The molecule has 2 N–H and O–H groups in total. The van der Waals surface area contributed by atoms with Crippen molar-refractivity contribution in [3.63, 3.8) is 0 Å². The van der Waals surface area contributed by atoms with Gasteiger partial charge >= 0.3 is 12.4 Å². The Labute approximate surface area is 300 Å². The Morgan fingerprint density at radius 1 is 0.769 bits per heavy atom. The molecular weight excluding hydrogens is 674 g/mol. The molecule has 52 heavy (non-hydrogen) atoms. The summed E-state index contributed by atoms with van der Waals surface area (Å²) in [5.41, 5.74) is 6.45. The van der Waals surface area contributed by atoms with Gasteiger partial charge in [-0.05, 0) is 89.9 Å². The number of fused-ring (bicyclic) bond motifs is 3. The van der Waals surface area contributed by atoms with Crippen molar-refractivity contribution < 1.29 is 31.1 Å². The third kappa shape index (κ3) is 8.20. The van der Waals surface area contributed by atoms with Crippen LogP contribution >= 0.6 is 0 Å². The monoisotopic (exact) mass is 714 g/mol. The van der Waals surface area contributed by atoms with Crippen LogP contribution in [0, 0.1) is 0 Å². The highest BCUT2D eigenvalue weighted by molar-refractivity contribution is 5.83.